The molecule has 0 saturated heterocycles. The van der Waals surface area contributed by atoms with Gasteiger partial charge in [-0.05, 0) is 23.6 Å². The zero-order valence-electron chi connectivity index (χ0n) is 17.2. The van der Waals surface area contributed by atoms with E-state index in [4.69, 9.17) is 15.0 Å². The molecule has 3 nitrogen and oxygen atoms in total. The van der Waals surface area contributed by atoms with E-state index in [9.17, 15) is 0 Å². The largest absolute Gasteiger partial charge is 0.208 e. The first kappa shape index (κ1) is 18.9. The van der Waals surface area contributed by atoms with E-state index in [1.165, 1.54) is 11.1 Å². The van der Waals surface area contributed by atoms with Crippen LogP contribution in [0.4, 0.5) is 0 Å². The molecule has 3 heteroatoms. The molecule has 1 heterocycles. The lowest BCUT2D eigenvalue weighted by atomic mass is 9.96. The summed E-state index contributed by atoms with van der Waals surface area (Å²) in [7, 11) is 0. The Kier molecular flexibility index (Phi) is 5.07. The molecule has 0 atom stereocenters. The molecule has 0 aliphatic heterocycles. The second-order valence-electron chi connectivity index (χ2n) is 7.38. The lowest BCUT2D eigenvalue weighted by molar-refractivity contribution is 1.07. The molecule has 0 amide bonds. The first-order chi connectivity index (χ1) is 15.3. The lowest BCUT2D eigenvalue weighted by Crippen LogP contribution is -2.01. The monoisotopic (exact) mass is 399 g/mol. The fraction of sp³-hybridized carbons (Fsp3) is 0.0357. The van der Waals surface area contributed by atoms with E-state index in [0.29, 0.717) is 17.5 Å². The highest BCUT2D eigenvalue weighted by Crippen LogP contribution is 2.32. The predicted molar refractivity (Wildman–Crippen MR) is 126 cm³/mol. The molecule has 0 saturated carbocycles. The van der Waals surface area contributed by atoms with Crippen LogP contribution < -0.4 is 0 Å². The summed E-state index contributed by atoms with van der Waals surface area (Å²) >= 11 is 0. The minimum absolute atomic E-state index is 0.675. The summed E-state index contributed by atoms with van der Waals surface area (Å²) in [6.07, 6.45) is 0. The van der Waals surface area contributed by atoms with E-state index in [1.54, 1.807) is 0 Å². The third kappa shape index (κ3) is 3.86. The Morgan fingerprint density at radius 2 is 0.806 bits per heavy atom. The first-order valence-corrected chi connectivity index (χ1v) is 10.3. The van der Waals surface area contributed by atoms with Gasteiger partial charge < -0.3 is 0 Å². The van der Waals surface area contributed by atoms with Crippen molar-refractivity contribution in [3.8, 4) is 45.3 Å². The summed E-state index contributed by atoms with van der Waals surface area (Å²) in [5.41, 5.74) is 6.47. The number of aromatic nitrogens is 3. The van der Waals surface area contributed by atoms with Crippen molar-refractivity contribution in [2.75, 3.05) is 0 Å². The quantitative estimate of drug-likeness (QED) is 0.332. The second kappa shape index (κ2) is 8.33. The van der Waals surface area contributed by atoms with Gasteiger partial charge in [0.2, 0.25) is 0 Å². The van der Waals surface area contributed by atoms with Crippen molar-refractivity contribution >= 4 is 0 Å². The van der Waals surface area contributed by atoms with Crippen LogP contribution in [0.15, 0.2) is 109 Å². The van der Waals surface area contributed by atoms with Crippen LogP contribution in [0.25, 0.3) is 45.3 Å². The minimum atomic E-state index is 0.675. The minimum Gasteiger partial charge on any atom is -0.208 e. The van der Waals surface area contributed by atoms with Crippen LogP contribution in [0.2, 0.25) is 0 Å². The van der Waals surface area contributed by atoms with Gasteiger partial charge in [0.05, 0.1) is 0 Å². The smallest absolute Gasteiger partial charge is 0.164 e. The Labute approximate surface area is 182 Å². The van der Waals surface area contributed by atoms with Crippen molar-refractivity contribution in [3.05, 3.63) is 115 Å². The van der Waals surface area contributed by atoms with Crippen molar-refractivity contribution < 1.29 is 0 Å². The van der Waals surface area contributed by atoms with Crippen LogP contribution in [-0.2, 0) is 0 Å². The Balaban J connectivity index is 1.71. The molecule has 4 aromatic carbocycles. The third-order valence-electron chi connectivity index (χ3n) is 5.36. The number of hydrogen-bond donors (Lipinski definition) is 0. The van der Waals surface area contributed by atoms with Crippen LogP contribution in [0.5, 0.6) is 0 Å². The highest BCUT2D eigenvalue weighted by atomic mass is 15.0. The van der Waals surface area contributed by atoms with E-state index in [-0.39, 0.29) is 0 Å². The van der Waals surface area contributed by atoms with E-state index in [0.717, 1.165) is 22.3 Å². The molecule has 31 heavy (non-hydrogen) atoms. The summed E-state index contributed by atoms with van der Waals surface area (Å²) in [5, 5.41) is 0. The lowest BCUT2D eigenvalue weighted by Gasteiger charge is -2.13. The molecule has 0 bridgehead atoms. The highest BCUT2D eigenvalue weighted by Gasteiger charge is 2.15. The average molecular weight is 399 g/mol. The van der Waals surface area contributed by atoms with Crippen molar-refractivity contribution in [1.29, 1.82) is 0 Å². The van der Waals surface area contributed by atoms with Gasteiger partial charge in [-0.1, -0.05) is 109 Å². The molecule has 0 radical (unpaired) electrons. The summed E-state index contributed by atoms with van der Waals surface area (Å²) in [5.74, 6) is 2.03. The maximum absolute atomic E-state index is 4.87. The molecule has 0 unspecified atom stereocenters. The standard InChI is InChI=1S/C28H21N3/c1-20-24(21-12-5-2-6-13-21)18-11-19-25(20)28-30-26(22-14-7-3-8-15-22)29-27(31-28)23-16-9-4-10-17-23/h2-19H,1H3. The van der Waals surface area contributed by atoms with Gasteiger partial charge in [0, 0.05) is 16.7 Å². The van der Waals surface area contributed by atoms with Crippen LogP contribution in [-0.4, -0.2) is 15.0 Å². The highest BCUT2D eigenvalue weighted by molar-refractivity contribution is 5.77. The Hall–Kier alpha value is -4.11. The van der Waals surface area contributed by atoms with Gasteiger partial charge in [0.15, 0.2) is 17.5 Å². The summed E-state index contributed by atoms with van der Waals surface area (Å²) in [4.78, 5) is 14.5. The Morgan fingerprint density at radius 1 is 0.387 bits per heavy atom. The van der Waals surface area contributed by atoms with Gasteiger partial charge in [-0.3, -0.25) is 0 Å². The normalized spacial score (nSPS) is 10.7. The SMILES string of the molecule is Cc1c(-c2ccccc2)cccc1-c1nc(-c2ccccc2)nc(-c2ccccc2)n1. The summed E-state index contributed by atoms with van der Waals surface area (Å²) < 4.78 is 0. The van der Waals surface area contributed by atoms with Crippen LogP contribution >= 0.6 is 0 Å². The average Bonchev–Trinajstić information content (AvgIpc) is 2.85. The first-order valence-electron chi connectivity index (χ1n) is 10.3. The molecule has 0 fully saturated rings. The number of hydrogen-bond acceptors (Lipinski definition) is 3. The number of benzene rings is 4. The number of nitrogens with zero attached hydrogens (tertiary/aromatic N) is 3. The molecule has 0 aliphatic carbocycles. The van der Waals surface area contributed by atoms with Gasteiger partial charge in [-0.15, -0.1) is 0 Å². The zero-order valence-corrected chi connectivity index (χ0v) is 17.2. The van der Waals surface area contributed by atoms with Gasteiger partial charge in [0.1, 0.15) is 0 Å². The molecular formula is C28H21N3. The van der Waals surface area contributed by atoms with Crippen molar-refractivity contribution in [1.82, 2.24) is 15.0 Å². The van der Waals surface area contributed by atoms with Crippen LogP contribution in [0.3, 0.4) is 0 Å². The van der Waals surface area contributed by atoms with Crippen LogP contribution in [0.1, 0.15) is 5.56 Å². The fourth-order valence-electron chi connectivity index (χ4n) is 3.74. The molecule has 0 N–H and O–H groups in total. The van der Waals surface area contributed by atoms with E-state index in [2.05, 4.69) is 49.4 Å². The van der Waals surface area contributed by atoms with E-state index < -0.39 is 0 Å². The van der Waals surface area contributed by atoms with Gasteiger partial charge >= 0.3 is 0 Å². The molecular weight excluding hydrogens is 378 g/mol. The number of rotatable bonds is 4. The summed E-state index contributed by atoms with van der Waals surface area (Å²) in [6, 6.07) is 36.8. The molecule has 1 aromatic heterocycles. The Morgan fingerprint density at radius 3 is 1.32 bits per heavy atom. The van der Waals surface area contributed by atoms with Crippen LogP contribution in [0, 0.1) is 6.92 Å². The maximum Gasteiger partial charge on any atom is 0.164 e. The van der Waals surface area contributed by atoms with Gasteiger partial charge in [0.25, 0.3) is 0 Å². The van der Waals surface area contributed by atoms with Crippen molar-refractivity contribution in [2.24, 2.45) is 0 Å². The van der Waals surface area contributed by atoms with Crippen molar-refractivity contribution in [2.45, 2.75) is 6.92 Å². The van der Waals surface area contributed by atoms with Gasteiger partial charge in [-0.2, -0.15) is 0 Å². The Bertz CT molecular complexity index is 1260. The van der Waals surface area contributed by atoms with E-state index in [1.807, 2.05) is 66.7 Å². The molecule has 5 rings (SSSR count). The van der Waals surface area contributed by atoms with E-state index >= 15 is 0 Å². The molecule has 0 aliphatic rings. The van der Waals surface area contributed by atoms with Crippen molar-refractivity contribution in [3.63, 3.8) is 0 Å². The molecule has 148 valence electrons. The molecule has 0 spiro atoms. The fourth-order valence-corrected chi connectivity index (χ4v) is 3.74. The second-order valence-corrected chi connectivity index (χ2v) is 7.38. The predicted octanol–water partition coefficient (Wildman–Crippen LogP) is 6.85. The molecule has 5 aromatic rings. The maximum atomic E-state index is 4.87. The topological polar surface area (TPSA) is 38.7 Å². The summed E-state index contributed by atoms with van der Waals surface area (Å²) in [6.45, 7) is 2.13. The third-order valence-corrected chi connectivity index (χ3v) is 5.36. The van der Waals surface area contributed by atoms with Gasteiger partial charge in [-0.25, -0.2) is 15.0 Å². The zero-order chi connectivity index (χ0) is 21.0.